The molecule has 1 N–H and O–H groups in total. The van der Waals surface area contributed by atoms with Gasteiger partial charge in [-0.05, 0) is 0 Å². The fraction of sp³-hybridized carbons (Fsp3) is 0.200. The molecule has 0 aromatic rings. The van der Waals surface area contributed by atoms with Gasteiger partial charge in [-0.1, -0.05) is 12.7 Å². The second-order valence-electron chi connectivity index (χ2n) is 0.922. The van der Waals surface area contributed by atoms with E-state index in [-0.39, 0.29) is 0 Å². The first-order valence-corrected chi connectivity index (χ1v) is 2.02. The molecule has 40 valence electrons. The second kappa shape index (κ2) is 5.24. The SMILES string of the molecule is C=CCNOC=C. The molecule has 0 amide bonds. The zero-order valence-corrected chi connectivity index (χ0v) is 4.18. The van der Waals surface area contributed by atoms with Gasteiger partial charge in [-0.3, -0.25) is 0 Å². The number of hydroxylamine groups is 1. The Labute approximate surface area is 43.4 Å². The summed E-state index contributed by atoms with van der Waals surface area (Å²) < 4.78 is 0. The third kappa shape index (κ3) is 5.24. The number of hydrogen-bond donors (Lipinski definition) is 1. The lowest BCUT2D eigenvalue weighted by Gasteiger charge is -1.94. The molecule has 0 aliphatic carbocycles. The first-order valence-electron chi connectivity index (χ1n) is 2.02. The van der Waals surface area contributed by atoms with Crippen molar-refractivity contribution in [1.82, 2.24) is 5.48 Å². The van der Waals surface area contributed by atoms with E-state index in [4.69, 9.17) is 0 Å². The predicted octanol–water partition coefficient (Wildman–Crippen LogP) is 0.837. The average Bonchev–Trinajstić information content (AvgIpc) is 1.69. The maximum absolute atomic E-state index is 4.52. The minimum Gasteiger partial charge on any atom is -0.417 e. The molecule has 0 aromatic carbocycles. The van der Waals surface area contributed by atoms with Crippen LogP contribution >= 0.6 is 0 Å². The quantitative estimate of drug-likeness (QED) is 0.244. The molecule has 0 unspecified atom stereocenters. The molecule has 0 fully saturated rings. The molecule has 0 rings (SSSR count). The van der Waals surface area contributed by atoms with Crippen molar-refractivity contribution < 1.29 is 4.84 Å². The van der Waals surface area contributed by atoms with Crippen molar-refractivity contribution in [2.24, 2.45) is 0 Å². The summed E-state index contributed by atoms with van der Waals surface area (Å²) in [6.45, 7) is 7.41. The predicted molar refractivity (Wildman–Crippen MR) is 29.5 cm³/mol. The van der Waals surface area contributed by atoms with Crippen LogP contribution in [0.4, 0.5) is 0 Å². The molecule has 0 spiro atoms. The standard InChI is InChI=1S/C5H9NO/c1-3-5-6-7-4-2/h3-4,6H,1-2,5H2. The van der Waals surface area contributed by atoms with Gasteiger partial charge in [0.1, 0.15) is 6.26 Å². The summed E-state index contributed by atoms with van der Waals surface area (Å²) in [5.41, 5.74) is 2.55. The van der Waals surface area contributed by atoms with Crippen LogP contribution in [-0.4, -0.2) is 6.54 Å². The molecule has 0 saturated carbocycles. The molecule has 0 saturated heterocycles. The zero-order chi connectivity index (χ0) is 5.54. The highest BCUT2D eigenvalue weighted by molar-refractivity contribution is 4.66. The monoisotopic (exact) mass is 99.1 g/mol. The summed E-state index contributed by atoms with van der Waals surface area (Å²) in [6.07, 6.45) is 3.02. The molecule has 0 aromatic heterocycles. The Kier molecular flexibility index (Phi) is 4.67. The molecule has 0 aliphatic rings. The van der Waals surface area contributed by atoms with Crippen LogP contribution in [0.3, 0.4) is 0 Å². The van der Waals surface area contributed by atoms with E-state index in [1.54, 1.807) is 6.08 Å². The summed E-state index contributed by atoms with van der Waals surface area (Å²) in [5.74, 6) is 0. The Morgan fingerprint density at radius 2 is 2.29 bits per heavy atom. The highest BCUT2D eigenvalue weighted by Crippen LogP contribution is 1.62. The van der Waals surface area contributed by atoms with Gasteiger partial charge in [-0.2, -0.15) is 5.48 Å². The first-order chi connectivity index (χ1) is 3.41. The van der Waals surface area contributed by atoms with E-state index in [1.165, 1.54) is 6.26 Å². The van der Waals surface area contributed by atoms with Crippen LogP contribution < -0.4 is 5.48 Å². The van der Waals surface area contributed by atoms with Gasteiger partial charge in [-0.25, -0.2) is 0 Å². The Bertz CT molecular complexity index is 53.1. The molecular formula is C5H9NO. The summed E-state index contributed by atoms with van der Waals surface area (Å²) in [4.78, 5) is 4.52. The summed E-state index contributed by atoms with van der Waals surface area (Å²) >= 11 is 0. The van der Waals surface area contributed by atoms with Gasteiger partial charge in [0.2, 0.25) is 0 Å². The van der Waals surface area contributed by atoms with E-state index < -0.39 is 0 Å². The van der Waals surface area contributed by atoms with E-state index in [0.29, 0.717) is 6.54 Å². The van der Waals surface area contributed by atoms with Gasteiger partial charge >= 0.3 is 0 Å². The lowest BCUT2D eigenvalue weighted by atomic mass is 10.7. The topological polar surface area (TPSA) is 21.3 Å². The van der Waals surface area contributed by atoms with Gasteiger partial charge in [0.05, 0.1) is 0 Å². The van der Waals surface area contributed by atoms with Crippen LogP contribution in [0.15, 0.2) is 25.5 Å². The first kappa shape index (κ1) is 6.24. The molecule has 0 atom stereocenters. The van der Waals surface area contributed by atoms with E-state index in [2.05, 4.69) is 23.5 Å². The van der Waals surface area contributed by atoms with E-state index in [1.807, 2.05) is 0 Å². The Morgan fingerprint density at radius 3 is 2.71 bits per heavy atom. The van der Waals surface area contributed by atoms with Crippen molar-refractivity contribution in [2.45, 2.75) is 0 Å². The van der Waals surface area contributed by atoms with Gasteiger partial charge in [0.25, 0.3) is 0 Å². The van der Waals surface area contributed by atoms with Crippen molar-refractivity contribution in [1.29, 1.82) is 0 Å². The van der Waals surface area contributed by atoms with Crippen LogP contribution in [-0.2, 0) is 4.84 Å². The molecular weight excluding hydrogens is 90.1 g/mol. The molecule has 2 heteroatoms. The molecule has 0 heterocycles. The number of nitrogens with one attached hydrogen (secondary N) is 1. The van der Waals surface area contributed by atoms with Crippen LogP contribution in [0, 0.1) is 0 Å². The van der Waals surface area contributed by atoms with Crippen molar-refractivity contribution in [2.75, 3.05) is 6.54 Å². The van der Waals surface area contributed by atoms with Crippen LogP contribution in [0.2, 0.25) is 0 Å². The van der Waals surface area contributed by atoms with Gasteiger partial charge < -0.3 is 4.84 Å². The van der Waals surface area contributed by atoms with Crippen molar-refractivity contribution in [3.8, 4) is 0 Å². The molecule has 2 nitrogen and oxygen atoms in total. The Morgan fingerprint density at radius 1 is 1.57 bits per heavy atom. The largest absolute Gasteiger partial charge is 0.417 e. The second-order valence-corrected chi connectivity index (χ2v) is 0.922. The highest BCUT2D eigenvalue weighted by Gasteiger charge is 1.68. The zero-order valence-electron chi connectivity index (χ0n) is 4.18. The normalized spacial score (nSPS) is 7.43. The van der Waals surface area contributed by atoms with Crippen LogP contribution in [0.25, 0.3) is 0 Å². The number of hydrogen-bond acceptors (Lipinski definition) is 2. The fourth-order valence-electron chi connectivity index (χ4n) is 0.166. The molecule has 0 aliphatic heterocycles. The summed E-state index contributed by atoms with van der Waals surface area (Å²) in [5, 5.41) is 0. The highest BCUT2D eigenvalue weighted by atomic mass is 16.6. The fourth-order valence-corrected chi connectivity index (χ4v) is 0.166. The smallest absolute Gasteiger partial charge is 0.104 e. The lowest BCUT2D eigenvalue weighted by Crippen LogP contribution is -2.09. The van der Waals surface area contributed by atoms with E-state index in [9.17, 15) is 0 Å². The molecule has 7 heavy (non-hydrogen) atoms. The van der Waals surface area contributed by atoms with Gasteiger partial charge in [-0.15, -0.1) is 6.58 Å². The third-order valence-electron chi connectivity index (χ3n) is 0.394. The minimum absolute atomic E-state index is 0.645. The van der Waals surface area contributed by atoms with Gasteiger partial charge in [0, 0.05) is 6.54 Å². The molecule has 0 bridgehead atoms. The third-order valence-corrected chi connectivity index (χ3v) is 0.394. The number of rotatable bonds is 4. The Balaban J connectivity index is 2.68. The summed E-state index contributed by atoms with van der Waals surface area (Å²) in [7, 11) is 0. The van der Waals surface area contributed by atoms with Crippen LogP contribution in [0.1, 0.15) is 0 Å². The summed E-state index contributed by atoms with van der Waals surface area (Å²) in [6, 6.07) is 0. The van der Waals surface area contributed by atoms with Crippen molar-refractivity contribution >= 4 is 0 Å². The maximum atomic E-state index is 4.52. The maximum Gasteiger partial charge on any atom is 0.104 e. The lowest BCUT2D eigenvalue weighted by molar-refractivity contribution is 0.147. The average molecular weight is 99.1 g/mol. The van der Waals surface area contributed by atoms with Crippen molar-refractivity contribution in [3.05, 3.63) is 25.5 Å². The molecule has 0 radical (unpaired) electrons. The van der Waals surface area contributed by atoms with Gasteiger partial charge in [0.15, 0.2) is 0 Å². The van der Waals surface area contributed by atoms with E-state index in [0.717, 1.165) is 0 Å². The van der Waals surface area contributed by atoms with E-state index >= 15 is 0 Å². The van der Waals surface area contributed by atoms with Crippen LogP contribution in [0.5, 0.6) is 0 Å². The minimum atomic E-state index is 0.645. The Hall–Kier alpha value is -0.760. The van der Waals surface area contributed by atoms with Crippen molar-refractivity contribution in [3.63, 3.8) is 0 Å².